The third-order valence-corrected chi connectivity index (χ3v) is 5.06. The fraction of sp³-hybridized carbons (Fsp3) is 0.286. The number of rotatable bonds is 8. The third-order valence-electron chi connectivity index (χ3n) is 5.06. The SMILES string of the molecule is O=C(CCC1NC(=O)N(CCc2ccccc2)C1=O)NCc1nnc2ccccn12. The van der Waals surface area contributed by atoms with Crippen LogP contribution in [0, 0.1) is 0 Å². The molecule has 1 saturated heterocycles. The number of benzene rings is 1. The highest BCUT2D eigenvalue weighted by Gasteiger charge is 2.37. The first kappa shape index (κ1) is 19.6. The number of fused-ring (bicyclic) bond motifs is 1. The van der Waals surface area contributed by atoms with E-state index >= 15 is 0 Å². The zero-order chi connectivity index (χ0) is 20.9. The lowest BCUT2D eigenvalue weighted by atomic mass is 10.1. The third kappa shape index (κ3) is 4.29. The number of hydrogen-bond acceptors (Lipinski definition) is 5. The summed E-state index contributed by atoms with van der Waals surface area (Å²) in [6.07, 6.45) is 2.80. The molecule has 9 nitrogen and oxygen atoms in total. The summed E-state index contributed by atoms with van der Waals surface area (Å²) in [4.78, 5) is 38.1. The van der Waals surface area contributed by atoms with Gasteiger partial charge in [-0.1, -0.05) is 36.4 Å². The van der Waals surface area contributed by atoms with Crippen LogP contribution in [0.15, 0.2) is 54.7 Å². The highest BCUT2D eigenvalue weighted by Crippen LogP contribution is 2.13. The average Bonchev–Trinajstić information content (AvgIpc) is 3.30. The van der Waals surface area contributed by atoms with Gasteiger partial charge in [-0.3, -0.25) is 18.9 Å². The maximum Gasteiger partial charge on any atom is 0.324 e. The topological polar surface area (TPSA) is 109 Å². The Balaban J connectivity index is 1.24. The minimum Gasteiger partial charge on any atom is -0.349 e. The number of pyridine rings is 1. The summed E-state index contributed by atoms with van der Waals surface area (Å²) in [7, 11) is 0. The fourth-order valence-electron chi connectivity index (χ4n) is 3.42. The van der Waals surface area contributed by atoms with Crippen molar-refractivity contribution in [1.29, 1.82) is 0 Å². The molecule has 1 aromatic carbocycles. The van der Waals surface area contributed by atoms with Crippen molar-refractivity contribution in [3.63, 3.8) is 0 Å². The zero-order valence-electron chi connectivity index (χ0n) is 16.3. The van der Waals surface area contributed by atoms with Crippen molar-refractivity contribution in [2.75, 3.05) is 6.54 Å². The van der Waals surface area contributed by atoms with E-state index < -0.39 is 12.1 Å². The second-order valence-corrected chi connectivity index (χ2v) is 7.09. The van der Waals surface area contributed by atoms with E-state index in [9.17, 15) is 14.4 Å². The molecule has 4 amide bonds. The van der Waals surface area contributed by atoms with Crippen LogP contribution in [0.2, 0.25) is 0 Å². The normalized spacial score (nSPS) is 16.1. The highest BCUT2D eigenvalue weighted by molar-refractivity contribution is 6.04. The molecule has 30 heavy (non-hydrogen) atoms. The van der Waals surface area contributed by atoms with Crippen molar-refractivity contribution in [1.82, 2.24) is 30.1 Å². The van der Waals surface area contributed by atoms with Crippen LogP contribution in [0.4, 0.5) is 4.79 Å². The van der Waals surface area contributed by atoms with E-state index in [2.05, 4.69) is 20.8 Å². The van der Waals surface area contributed by atoms with E-state index in [-0.39, 0.29) is 31.2 Å². The van der Waals surface area contributed by atoms with Crippen molar-refractivity contribution in [3.05, 3.63) is 66.1 Å². The Hall–Kier alpha value is -3.75. The number of nitrogens with zero attached hydrogens (tertiary/aromatic N) is 4. The molecular formula is C21H22N6O3. The van der Waals surface area contributed by atoms with Gasteiger partial charge in [-0.05, 0) is 30.5 Å². The van der Waals surface area contributed by atoms with Gasteiger partial charge in [0, 0.05) is 19.2 Å². The number of imide groups is 1. The summed E-state index contributed by atoms with van der Waals surface area (Å²) in [6, 6.07) is 14.2. The summed E-state index contributed by atoms with van der Waals surface area (Å²) < 4.78 is 1.80. The van der Waals surface area contributed by atoms with E-state index in [1.807, 2.05) is 54.7 Å². The maximum atomic E-state index is 12.5. The van der Waals surface area contributed by atoms with E-state index in [1.165, 1.54) is 4.90 Å². The molecule has 1 aliphatic rings. The number of carbonyl (C=O) groups excluding carboxylic acids is 3. The van der Waals surface area contributed by atoms with Gasteiger partial charge in [-0.25, -0.2) is 4.79 Å². The number of aromatic nitrogens is 3. The van der Waals surface area contributed by atoms with Crippen LogP contribution in [-0.4, -0.2) is 49.9 Å². The molecule has 0 saturated carbocycles. The van der Waals surface area contributed by atoms with Gasteiger partial charge in [0.1, 0.15) is 6.04 Å². The molecule has 1 fully saturated rings. The fourth-order valence-corrected chi connectivity index (χ4v) is 3.42. The monoisotopic (exact) mass is 406 g/mol. The van der Waals surface area contributed by atoms with Crippen molar-refractivity contribution >= 4 is 23.5 Å². The Morgan fingerprint density at radius 1 is 1.07 bits per heavy atom. The first-order valence-electron chi connectivity index (χ1n) is 9.83. The van der Waals surface area contributed by atoms with Gasteiger partial charge < -0.3 is 10.6 Å². The Kier molecular flexibility index (Phi) is 5.69. The second-order valence-electron chi connectivity index (χ2n) is 7.09. The molecule has 3 aromatic rings. The van der Waals surface area contributed by atoms with Gasteiger partial charge in [0.2, 0.25) is 5.91 Å². The van der Waals surface area contributed by atoms with Gasteiger partial charge in [-0.2, -0.15) is 0 Å². The maximum absolute atomic E-state index is 12.5. The van der Waals surface area contributed by atoms with E-state index in [1.54, 1.807) is 4.40 Å². The smallest absolute Gasteiger partial charge is 0.324 e. The van der Waals surface area contributed by atoms with Gasteiger partial charge in [0.25, 0.3) is 5.91 Å². The number of hydrogen-bond donors (Lipinski definition) is 2. The molecule has 1 aliphatic heterocycles. The van der Waals surface area contributed by atoms with Crippen molar-refractivity contribution in [3.8, 4) is 0 Å². The second kappa shape index (κ2) is 8.73. The first-order valence-corrected chi connectivity index (χ1v) is 9.83. The van der Waals surface area contributed by atoms with Crippen LogP contribution in [0.25, 0.3) is 5.65 Å². The molecule has 4 rings (SSSR count). The molecule has 0 bridgehead atoms. The van der Waals surface area contributed by atoms with Crippen molar-refractivity contribution in [2.24, 2.45) is 0 Å². The lowest BCUT2D eigenvalue weighted by molar-refractivity contribution is -0.127. The molecule has 3 heterocycles. The quantitative estimate of drug-likeness (QED) is 0.548. The van der Waals surface area contributed by atoms with E-state index in [0.717, 1.165) is 5.56 Å². The number of amides is 4. The van der Waals surface area contributed by atoms with E-state index in [4.69, 9.17) is 0 Å². The number of carbonyl (C=O) groups is 3. The molecule has 2 aromatic heterocycles. The van der Waals surface area contributed by atoms with Crippen LogP contribution in [0.1, 0.15) is 24.2 Å². The molecular weight excluding hydrogens is 384 g/mol. The van der Waals surface area contributed by atoms with Crippen LogP contribution < -0.4 is 10.6 Å². The Labute approximate surface area is 173 Å². The minimum absolute atomic E-state index is 0.125. The summed E-state index contributed by atoms with van der Waals surface area (Å²) in [6.45, 7) is 0.551. The Bertz CT molecular complexity index is 1060. The highest BCUT2D eigenvalue weighted by atomic mass is 16.2. The number of urea groups is 1. The molecule has 0 spiro atoms. The predicted octanol–water partition coefficient (Wildman–Crippen LogP) is 1.29. The van der Waals surface area contributed by atoms with E-state index in [0.29, 0.717) is 24.4 Å². The number of nitrogens with one attached hydrogen (secondary N) is 2. The van der Waals surface area contributed by atoms with Crippen molar-refractivity contribution in [2.45, 2.75) is 31.8 Å². The average molecular weight is 406 g/mol. The molecule has 0 radical (unpaired) electrons. The van der Waals surface area contributed by atoms with Gasteiger partial charge in [0.15, 0.2) is 11.5 Å². The summed E-state index contributed by atoms with van der Waals surface area (Å²) in [5.74, 6) is 0.121. The molecule has 1 atom stereocenters. The van der Waals surface area contributed by atoms with Gasteiger partial charge in [0.05, 0.1) is 6.54 Å². The van der Waals surface area contributed by atoms with Gasteiger partial charge >= 0.3 is 6.03 Å². The summed E-state index contributed by atoms with van der Waals surface area (Å²) in [5.41, 5.74) is 1.76. The van der Waals surface area contributed by atoms with Crippen molar-refractivity contribution < 1.29 is 14.4 Å². The summed E-state index contributed by atoms with van der Waals surface area (Å²) in [5, 5.41) is 13.6. The minimum atomic E-state index is -0.673. The summed E-state index contributed by atoms with van der Waals surface area (Å²) >= 11 is 0. The Morgan fingerprint density at radius 2 is 1.87 bits per heavy atom. The lowest BCUT2D eigenvalue weighted by Gasteiger charge is -2.13. The molecule has 2 N–H and O–H groups in total. The lowest BCUT2D eigenvalue weighted by Crippen LogP contribution is -2.34. The molecule has 0 aliphatic carbocycles. The van der Waals surface area contributed by atoms with Crippen LogP contribution >= 0.6 is 0 Å². The van der Waals surface area contributed by atoms with Gasteiger partial charge in [-0.15, -0.1) is 10.2 Å². The first-order chi connectivity index (χ1) is 14.6. The zero-order valence-corrected chi connectivity index (χ0v) is 16.3. The predicted molar refractivity (Wildman–Crippen MR) is 108 cm³/mol. The van der Waals surface area contributed by atoms with Crippen LogP contribution in [0.5, 0.6) is 0 Å². The van der Waals surface area contributed by atoms with Crippen LogP contribution in [0.3, 0.4) is 0 Å². The molecule has 9 heteroatoms. The van der Waals surface area contributed by atoms with Crippen LogP contribution in [-0.2, 0) is 22.6 Å². The molecule has 154 valence electrons. The largest absolute Gasteiger partial charge is 0.349 e. The Morgan fingerprint density at radius 3 is 2.70 bits per heavy atom. The molecule has 1 unspecified atom stereocenters. The standard InChI is InChI=1S/C21H22N6O3/c28-19(22-14-18-25-24-17-8-4-5-12-26(17)18)10-9-16-20(29)27(21(30)23-16)13-11-15-6-2-1-3-7-15/h1-8,12,16H,9-11,13-14H2,(H,22,28)(H,23,30).